The maximum absolute atomic E-state index is 11.4. The van der Waals surface area contributed by atoms with E-state index in [-0.39, 0.29) is 5.69 Å². The van der Waals surface area contributed by atoms with Gasteiger partial charge >= 0.3 is 12.1 Å². The van der Waals surface area contributed by atoms with Crippen LogP contribution in [0.1, 0.15) is 28.2 Å². The molecule has 0 radical (unpaired) electrons. The van der Waals surface area contributed by atoms with Crippen molar-refractivity contribution in [2.24, 2.45) is 0 Å². The number of esters is 1. The maximum atomic E-state index is 11.4. The van der Waals surface area contributed by atoms with Gasteiger partial charge in [-0.05, 0) is 30.5 Å². The average molecular weight is 276 g/mol. The van der Waals surface area contributed by atoms with Gasteiger partial charge in [0.25, 0.3) is 0 Å². The summed E-state index contributed by atoms with van der Waals surface area (Å²) in [6.45, 7) is 2.68. The lowest BCUT2D eigenvalue weighted by Crippen LogP contribution is -2.33. The number of nitrogens with zero attached hydrogens (tertiary/aromatic N) is 2. The van der Waals surface area contributed by atoms with Crippen molar-refractivity contribution in [3.63, 3.8) is 0 Å². The first-order valence-corrected chi connectivity index (χ1v) is 6.26. The highest BCUT2D eigenvalue weighted by Crippen LogP contribution is 2.24. The second-order valence-corrected chi connectivity index (χ2v) is 4.53. The third kappa shape index (κ3) is 2.79. The summed E-state index contributed by atoms with van der Waals surface area (Å²) in [6.07, 6.45) is 1.63. The number of rotatable bonds is 2. The number of aryl methyl sites for hydroxylation is 1. The monoisotopic (exact) mass is 276 g/mol. The van der Waals surface area contributed by atoms with Crippen LogP contribution in [0, 0.1) is 6.92 Å². The Labute approximate surface area is 116 Å². The summed E-state index contributed by atoms with van der Waals surface area (Å²) in [5.41, 5.74) is 3.02. The summed E-state index contributed by atoms with van der Waals surface area (Å²) in [5, 5.41) is 8.91. The SMILES string of the molecule is COC(=O)c1ccc(C2=CCN(C(=O)O)CC2)c(C)n1. The van der Waals surface area contributed by atoms with Crippen molar-refractivity contribution in [1.29, 1.82) is 0 Å². The number of carbonyl (C=O) groups excluding carboxylic acids is 1. The number of ether oxygens (including phenoxy) is 1. The fraction of sp³-hybridized carbons (Fsp3) is 0.357. The largest absolute Gasteiger partial charge is 0.465 e. The van der Waals surface area contributed by atoms with Gasteiger partial charge in [0.1, 0.15) is 5.69 Å². The molecule has 1 aromatic rings. The standard InChI is InChI=1S/C14H16N2O4/c1-9-11(3-4-12(15-9)13(17)20-2)10-5-7-16(8-6-10)14(18)19/h3-5H,6-8H2,1-2H3,(H,18,19). The Bertz CT molecular complexity index is 581. The summed E-state index contributed by atoms with van der Waals surface area (Å²) >= 11 is 0. The number of amides is 1. The number of hydrogen-bond donors (Lipinski definition) is 1. The smallest absolute Gasteiger partial charge is 0.407 e. The predicted octanol–water partition coefficient (Wildman–Crippen LogP) is 1.94. The van der Waals surface area contributed by atoms with Crippen molar-refractivity contribution in [1.82, 2.24) is 9.88 Å². The van der Waals surface area contributed by atoms with Gasteiger partial charge in [0.2, 0.25) is 0 Å². The topological polar surface area (TPSA) is 79.7 Å². The zero-order valence-corrected chi connectivity index (χ0v) is 11.4. The molecule has 20 heavy (non-hydrogen) atoms. The van der Waals surface area contributed by atoms with Crippen LogP contribution < -0.4 is 0 Å². The van der Waals surface area contributed by atoms with Gasteiger partial charge in [0.05, 0.1) is 7.11 Å². The molecule has 1 aromatic heterocycles. The third-order valence-electron chi connectivity index (χ3n) is 3.31. The van der Waals surface area contributed by atoms with E-state index in [1.165, 1.54) is 12.0 Å². The molecule has 0 bridgehead atoms. The molecule has 0 aromatic carbocycles. The Morgan fingerprint density at radius 1 is 1.40 bits per heavy atom. The number of methoxy groups -OCH3 is 1. The minimum atomic E-state index is -0.906. The minimum absolute atomic E-state index is 0.275. The molecule has 1 N–H and O–H groups in total. The summed E-state index contributed by atoms with van der Waals surface area (Å²) in [5.74, 6) is -0.464. The lowest BCUT2D eigenvalue weighted by atomic mass is 9.98. The number of carboxylic acid groups (broad SMARTS) is 1. The van der Waals surface area contributed by atoms with Crippen LogP contribution in [-0.2, 0) is 4.74 Å². The van der Waals surface area contributed by atoms with E-state index in [1.54, 1.807) is 6.07 Å². The second kappa shape index (κ2) is 5.73. The molecule has 2 heterocycles. The van der Waals surface area contributed by atoms with Gasteiger partial charge in [-0.2, -0.15) is 0 Å². The number of pyridine rings is 1. The Hall–Kier alpha value is -2.37. The maximum Gasteiger partial charge on any atom is 0.407 e. The summed E-state index contributed by atoms with van der Waals surface area (Å²) < 4.78 is 4.63. The van der Waals surface area contributed by atoms with Crippen LogP contribution in [0.5, 0.6) is 0 Å². The van der Waals surface area contributed by atoms with Gasteiger partial charge in [-0.25, -0.2) is 14.6 Å². The molecule has 0 unspecified atom stereocenters. The highest BCUT2D eigenvalue weighted by molar-refractivity contribution is 5.87. The molecule has 6 heteroatoms. The van der Waals surface area contributed by atoms with Crippen molar-refractivity contribution in [3.8, 4) is 0 Å². The zero-order chi connectivity index (χ0) is 14.7. The number of carbonyl (C=O) groups is 2. The Morgan fingerprint density at radius 3 is 2.65 bits per heavy atom. The first-order chi connectivity index (χ1) is 9.52. The summed E-state index contributed by atoms with van der Waals surface area (Å²) in [4.78, 5) is 27.8. The molecule has 0 aliphatic carbocycles. The van der Waals surface area contributed by atoms with Crippen LogP contribution >= 0.6 is 0 Å². The van der Waals surface area contributed by atoms with Crippen molar-refractivity contribution in [2.45, 2.75) is 13.3 Å². The fourth-order valence-electron chi connectivity index (χ4n) is 2.21. The van der Waals surface area contributed by atoms with Gasteiger partial charge in [0, 0.05) is 18.8 Å². The van der Waals surface area contributed by atoms with Gasteiger partial charge < -0.3 is 14.7 Å². The lowest BCUT2D eigenvalue weighted by molar-refractivity contribution is 0.0593. The van der Waals surface area contributed by atoms with Crippen molar-refractivity contribution in [2.75, 3.05) is 20.2 Å². The van der Waals surface area contributed by atoms with E-state index in [2.05, 4.69) is 9.72 Å². The normalized spacial score (nSPS) is 14.7. The summed E-state index contributed by atoms with van der Waals surface area (Å²) in [7, 11) is 1.32. The van der Waals surface area contributed by atoms with Crippen LogP contribution in [0.3, 0.4) is 0 Å². The van der Waals surface area contributed by atoms with Gasteiger partial charge in [-0.3, -0.25) is 0 Å². The third-order valence-corrected chi connectivity index (χ3v) is 3.31. The van der Waals surface area contributed by atoms with E-state index in [9.17, 15) is 9.59 Å². The molecule has 1 amide bonds. The first-order valence-electron chi connectivity index (χ1n) is 6.26. The predicted molar refractivity (Wildman–Crippen MR) is 72.5 cm³/mol. The fourth-order valence-corrected chi connectivity index (χ4v) is 2.21. The van der Waals surface area contributed by atoms with Crippen molar-refractivity contribution in [3.05, 3.63) is 35.2 Å². The van der Waals surface area contributed by atoms with E-state index >= 15 is 0 Å². The number of hydrogen-bond acceptors (Lipinski definition) is 4. The highest BCUT2D eigenvalue weighted by atomic mass is 16.5. The van der Waals surface area contributed by atoms with E-state index < -0.39 is 12.1 Å². The van der Waals surface area contributed by atoms with E-state index in [4.69, 9.17) is 5.11 Å². The Balaban J connectivity index is 2.22. The molecule has 1 aliphatic rings. The molecule has 106 valence electrons. The van der Waals surface area contributed by atoms with E-state index in [1.807, 2.05) is 19.1 Å². The molecule has 0 spiro atoms. The molecule has 0 saturated heterocycles. The molecule has 1 aliphatic heterocycles. The molecule has 0 atom stereocenters. The van der Waals surface area contributed by atoms with Crippen LogP contribution in [-0.4, -0.2) is 47.3 Å². The van der Waals surface area contributed by atoms with Crippen LogP contribution in [0.2, 0.25) is 0 Å². The molecule has 2 rings (SSSR count). The minimum Gasteiger partial charge on any atom is -0.465 e. The molecule has 0 saturated carbocycles. The average Bonchev–Trinajstić information content (AvgIpc) is 2.46. The van der Waals surface area contributed by atoms with Gasteiger partial charge in [-0.1, -0.05) is 12.1 Å². The molecular formula is C14H16N2O4. The van der Waals surface area contributed by atoms with Gasteiger partial charge in [-0.15, -0.1) is 0 Å². The first kappa shape index (κ1) is 14.0. The second-order valence-electron chi connectivity index (χ2n) is 4.53. The van der Waals surface area contributed by atoms with Crippen LogP contribution in [0.15, 0.2) is 18.2 Å². The van der Waals surface area contributed by atoms with Crippen molar-refractivity contribution < 1.29 is 19.4 Å². The van der Waals surface area contributed by atoms with Crippen LogP contribution in [0.25, 0.3) is 5.57 Å². The highest BCUT2D eigenvalue weighted by Gasteiger charge is 2.18. The molecular weight excluding hydrogens is 260 g/mol. The van der Waals surface area contributed by atoms with Crippen LogP contribution in [0.4, 0.5) is 4.79 Å². The Morgan fingerprint density at radius 2 is 2.15 bits per heavy atom. The number of aromatic nitrogens is 1. The molecule has 0 fully saturated rings. The van der Waals surface area contributed by atoms with E-state index in [0.29, 0.717) is 19.5 Å². The molecule has 6 nitrogen and oxygen atoms in total. The zero-order valence-electron chi connectivity index (χ0n) is 11.4. The quantitative estimate of drug-likeness (QED) is 0.835. The lowest BCUT2D eigenvalue weighted by Gasteiger charge is -2.24. The van der Waals surface area contributed by atoms with Crippen molar-refractivity contribution >= 4 is 17.6 Å². The van der Waals surface area contributed by atoms with E-state index in [0.717, 1.165) is 16.8 Å². The summed E-state index contributed by atoms with van der Waals surface area (Å²) in [6, 6.07) is 3.45. The Kier molecular flexibility index (Phi) is 4.02. The van der Waals surface area contributed by atoms with Gasteiger partial charge in [0.15, 0.2) is 0 Å².